The average molecular weight is 202 g/mol. The van der Waals surface area contributed by atoms with E-state index in [1.807, 2.05) is 11.8 Å². The van der Waals surface area contributed by atoms with Crippen LogP contribution in [-0.2, 0) is 4.79 Å². The van der Waals surface area contributed by atoms with Gasteiger partial charge in [0, 0.05) is 18.3 Å². The van der Waals surface area contributed by atoms with E-state index in [0.717, 1.165) is 0 Å². The normalized spacial score (nSPS) is 28.5. The molecule has 1 aliphatic rings. The zero-order valence-electron chi connectivity index (χ0n) is 8.30. The molecule has 13 heavy (non-hydrogen) atoms. The predicted molar refractivity (Wildman–Crippen MR) is 57.0 cm³/mol. The maximum atomic E-state index is 11.0. The highest BCUT2D eigenvalue weighted by Gasteiger charge is 2.21. The molecule has 1 heterocycles. The molecule has 0 saturated carbocycles. The Bertz CT molecular complexity index is 175. The highest BCUT2D eigenvalue weighted by Crippen LogP contribution is 2.24. The standard InChI is InChI=1S/C9H18N2OS/c1-7-8(4-3-5-13-7)11-6-9(12)10-2/h7-8,11H,3-6H2,1-2H3,(H,10,12). The van der Waals surface area contributed by atoms with Crippen LogP contribution in [0.2, 0.25) is 0 Å². The fourth-order valence-corrected chi connectivity index (χ4v) is 2.67. The first kappa shape index (κ1) is 10.9. The van der Waals surface area contributed by atoms with Gasteiger partial charge in [-0.1, -0.05) is 6.92 Å². The highest BCUT2D eigenvalue weighted by atomic mass is 32.2. The van der Waals surface area contributed by atoms with Gasteiger partial charge in [0.15, 0.2) is 0 Å². The molecular weight excluding hydrogens is 184 g/mol. The summed E-state index contributed by atoms with van der Waals surface area (Å²) >= 11 is 1.99. The second-order valence-corrected chi connectivity index (χ2v) is 4.86. The number of carbonyl (C=O) groups excluding carboxylic acids is 1. The molecule has 0 aromatic heterocycles. The Morgan fingerprint density at radius 2 is 2.38 bits per heavy atom. The van der Waals surface area contributed by atoms with Crippen LogP contribution in [0.15, 0.2) is 0 Å². The van der Waals surface area contributed by atoms with Gasteiger partial charge >= 0.3 is 0 Å². The van der Waals surface area contributed by atoms with Crippen molar-refractivity contribution in [3.63, 3.8) is 0 Å². The van der Waals surface area contributed by atoms with E-state index in [4.69, 9.17) is 0 Å². The third-order valence-electron chi connectivity index (χ3n) is 2.41. The lowest BCUT2D eigenvalue weighted by molar-refractivity contribution is -0.119. The maximum absolute atomic E-state index is 11.0. The van der Waals surface area contributed by atoms with Gasteiger partial charge in [-0.25, -0.2) is 0 Å². The van der Waals surface area contributed by atoms with Gasteiger partial charge in [0.05, 0.1) is 6.54 Å². The van der Waals surface area contributed by atoms with E-state index in [1.54, 1.807) is 7.05 Å². The summed E-state index contributed by atoms with van der Waals surface area (Å²) in [6, 6.07) is 0.510. The van der Waals surface area contributed by atoms with Crippen LogP contribution in [0.25, 0.3) is 0 Å². The van der Waals surface area contributed by atoms with E-state index >= 15 is 0 Å². The molecule has 3 nitrogen and oxygen atoms in total. The molecule has 1 aliphatic heterocycles. The van der Waals surface area contributed by atoms with Gasteiger partial charge in [0.1, 0.15) is 0 Å². The van der Waals surface area contributed by atoms with Crippen molar-refractivity contribution in [3.05, 3.63) is 0 Å². The van der Waals surface area contributed by atoms with E-state index < -0.39 is 0 Å². The fourth-order valence-electron chi connectivity index (χ4n) is 1.50. The molecule has 2 atom stereocenters. The minimum Gasteiger partial charge on any atom is -0.358 e. The van der Waals surface area contributed by atoms with Crippen LogP contribution in [-0.4, -0.2) is 36.5 Å². The third kappa shape index (κ3) is 3.56. The lowest BCUT2D eigenvalue weighted by atomic mass is 10.1. The molecule has 1 rings (SSSR count). The number of hydrogen-bond acceptors (Lipinski definition) is 3. The molecule has 76 valence electrons. The van der Waals surface area contributed by atoms with Crippen LogP contribution in [0, 0.1) is 0 Å². The topological polar surface area (TPSA) is 41.1 Å². The second kappa shape index (κ2) is 5.50. The molecule has 0 aromatic rings. The fraction of sp³-hybridized carbons (Fsp3) is 0.889. The van der Waals surface area contributed by atoms with Gasteiger partial charge in [-0.05, 0) is 18.6 Å². The van der Waals surface area contributed by atoms with Gasteiger partial charge in [0.25, 0.3) is 0 Å². The van der Waals surface area contributed by atoms with Crippen LogP contribution in [0.4, 0.5) is 0 Å². The number of carbonyl (C=O) groups is 1. The number of nitrogens with one attached hydrogen (secondary N) is 2. The molecular formula is C9H18N2OS. The molecule has 1 fully saturated rings. The first-order valence-electron chi connectivity index (χ1n) is 4.79. The van der Waals surface area contributed by atoms with Crippen molar-refractivity contribution in [3.8, 4) is 0 Å². The van der Waals surface area contributed by atoms with Crippen molar-refractivity contribution < 1.29 is 4.79 Å². The predicted octanol–water partition coefficient (Wildman–Crippen LogP) is 0.606. The third-order valence-corrected chi connectivity index (χ3v) is 3.79. The largest absolute Gasteiger partial charge is 0.358 e. The molecule has 0 bridgehead atoms. The van der Waals surface area contributed by atoms with Gasteiger partial charge in [-0.15, -0.1) is 0 Å². The SMILES string of the molecule is CNC(=O)CNC1CCCSC1C. The average Bonchev–Trinajstić information content (AvgIpc) is 2.16. The summed E-state index contributed by atoms with van der Waals surface area (Å²) < 4.78 is 0. The van der Waals surface area contributed by atoms with Crippen molar-refractivity contribution >= 4 is 17.7 Å². The van der Waals surface area contributed by atoms with E-state index in [-0.39, 0.29) is 5.91 Å². The number of hydrogen-bond donors (Lipinski definition) is 2. The molecule has 1 saturated heterocycles. The van der Waals surface area contributed by atoms with Crippen LogP contribution >= 0.6 is 11.8 Å². The Balaban J connectivity index is 2.22. The van der Waals surface area contributed by atoms with E-state index in [2.05, 4.69) is 17.6 Å². The van der Waals surface area contributed by atoms with Crippen LogP contribution < -0.4 is 10.6 Å². The van der Waals surface area contributed by atoms with Crippen LogP contribution in [0.1, 0.15) is 19.8 Å². The number of amides is 1. The summed E-state index contributed by atoms with van der Waals surface area (Å²) in [5, 5.41) is 6.54. The first-order chi connectivity index (χ1) is 6.24. The Morgan fingerprint density at radius 3 is 3.00 bits per heavy atom. The molecule has 2 unspecified atom stereocenters. The smallest absolute Gasteiger partial charge is 0.233 e. The zero-order chi connectivity index (χ0) is 9.68. The summed E-state index contributed by atoms with van der Waals surface area (Å²) in [5.41, 5.74) is 0. The summed E-state index contributed by atoms with van der Waals surface area (Å²) in [5.74, 6) is 1.34. The van der Waals surface area contributed by atoms with E-state index in [0.29, 0.717) is 17.8 Å². The van der Waals surface area contributed by atoms with Crippen LogP contribution in [0.3, 0.4) is 0 Å². The Morgan fingerprint density at radius 1 is 1.62 bits per heavy atom. The molecule has 0 aromatic carbocycles. The summed E-state index contributed by atoms with van der Waals surface area (Å²) in [6.45, 7) is 2.68. The van der Waals surface area contributed by atoms with Crippen molar-refractivity contribution in [1.29, 1.82) is 0 Å². The van der Waals surface area contributed by atoms with Crippen molar-refractivity contribution in [2.24, 2.45) is 0 Å². The quantitative estimate of drug-likeness (QED) is 0.704. The van der Waals surface area contributed by atoms with Gasteiger partial charge in [0.2, 0.25) is 5.91 Å². The van der Waals surface area contributed by atoms with Crippen LogP contribution in [0.5, 0.6) is 0 Å². The van der Waals surface area contributed by atoms with Gasteiger partial charge in [-0.3, -0.25) is 4.79 Å². The molecule has 0 aliphatic carbocycles. The Labute approximate surface area is 84.0 Å². The number of thioether (sulfide) groups is 1. The maximum Gasteiger partial charge on any atom is 0.233 e. The van der Waals surface area contributed by atoms with Crippen molar-refractivity contribution in [2.75, 3.05) is 19.3 Å². The molecule has 0 spiro atoms. The van der Waals surface area contributed by atoms with E-state index in [1.165, 1.54) is 18.6 Å². The zero-order valence-corrected chi connectivity index (χ0v) is 9.12. The molecule has 4 heteroatoms. The Hall–Kier alpha value is -0.220. The van der Waals surface area contributed by atoms with Crippen molar-refractivity contribution in [2.45, 2.75) is 31.1 Å². The molecule has 1 amide bonds. The number of likely N-dealkylation sites (N-methyl/N-ethyl adjacent to an activating group) is 1. The Kier molecular flexibility index (Phi) is 4.59. The molecule has 2 N–H and O–H groups in total. The van der Waals surface area contributed by atoms with Crippen molar-refractivity contribution in [1.82, 2.24) is 10.6 Å². The lowest BCUT2D eigenvalue weighted by Gasteiger charge is -2.28. The van der Waals surface area contributed by atoms with Gasteiger partial charge in [-0.2, -0.15) is 11.8 Å². The monoisotopic (exact) mass is 202 g/mol. The van der Waals surface area contributed by atoms with Gasteiger partial charge < -0.3 is 10.6 Å². The minimum atomic E-state index is 0.0720. The summed E-state index contributed by atoms with van der Waals surface area (Å²) in [7, 11) is 1.67. The first-order valence-corrected chi connectivity index (χ1v) is 5.84. The lowest BCUT2D eigenvalue weighted by Crippen LogP contribution is -2.43. The molecule has 0 radical (unpaired) electrons. The number of rotatable bonds is 3. The minimum absolute atomic E-state index is 0.0720. The second-order valence-electron chi connectivity index (χ2n) is 3.38. The highest BCUT2D eigenvalue weighted by molar-refractivity contribution is 7.99. The van der Waals surface area contributed by atoms with E-state index in [9.17, 15) is 4.79 Å². The summed E-state index contributed by atoms with van der Waals surface area (Å²) in [4.78, 5) is 11.0. The summed E-state index contributed by atoms with van der Waals surface area (Å²) in [6.07, 6.45) is 2.46.